The van der Waals surface area contributed by atoms with Crippen molar-refractivity contribution >= 4 is 44.9 Å². The number of nitrogens with one attached hydrogen (secondary N) is 1. The van der Waals surface area contributed by atoms with E-state index in [-0.39, 0.29) is 21.8 Å². The number of ether oxygens (including phenoxy) is 1. The molecule has 1 amide bonds. The zero-order valence-corrected chi connectivity index (χ0v) is 18.1. The number of amides is 1. The van der Waals surface area contributed by atoms with Gasteiger partial charge < -0.3 is 10.1 Å². The third-order valence-corrected chi connectivity index (χ3v) is 6.38. The molecule has 1 N–H and O–H groups in total. The number of para-hydroxylation sites is 1. The molecule has 0 atom stereocenters. The van der Waals surface area contributed by atoms with E-state index in [4.69, 9.17) is 16.3 Å². The third kappa shape index (κ3) is 5.22. The minimum atomic E-state index is -4.05. The van der Waals surface area contributed by atoms with Crippen molar-refractivity contribution in [2.24, 2.45) is 0 Å². The molecule has 0 fully saturated rings. The van der Waals surface area contributed by atoms with Gasteiger partial charge >= 0.3 is 5.97 Å². The molecule has 0 saturated heterocycles. The van der Waals surface area contributed by atoms with Gasteiger partial charge in [-0.05, 0) is 48.5 Å². The van der Waals surface area contributed by atoms with Crippen LogP contribution in [0, 0.1) is 0 Å². The minimum absolute atomic E-state index is 0.0349. The number of halogens is 1. The predicted molar refractivity (Wildman–Crippen MR) is 119 cm³/mol. The number of sulfonamides is 1. The maximum absolute atomic E-state index is 13.3. The summed E-state index contributed by atoms with van der Waals surface area (Å²) in [5.41, 5.74) is 0.638. The Labute approximate surface area is 185 Å². The fraction of sp³-hybridized carbons (Fsp3) is 0.0909. The molecular weight excluding hydrogens is 440 g/mol. The number of carbonyl (C=O) groups is 2. The Balaban J connectivity index is 1.94. The van der Waals surface area contributed by atoms with Crippen molar-refractivity contribution in [2.75, 3.05) is 23.3 Å². The molecule has 3 aromatic carbocycles. The van der Waals surface area contributed by atoms with Gasteiger partial charge in [-0.2, -0.15) is 0 Å². The lowest BCUT2D eigenvalue weighted by Crippen LogP contribution is -2.38. The van der Waals surface area contributed by atoms with Gasteiger partial charge in [0.05, 0.1) is 28.9 Å². The quantitative estimate of drug-likeness (QED) is 0.541. The van der Waals surface area contributed by atoms with Gasteiger partial charge in [0.15, 0.2) is 0 Å². The van der Waals surface area contributed by atoms with Gasteiger partial charge in [0, 0.05) is 5.02 Å². The molecule has 0 spiro atoms. The van der Waals surface area contributed by atoms with E-state index in [1.807, 2.05) is 0 Å². The Hall–Kier alpha value is -3.36. The Kier molecular flexibility index (Phi) is 6.94. The zero-order chi connectivity index (χ0) is 22.4. The highest BCUT2D eigenvalue weighted by atomic mass is 35.5. The number of esters is 1. The lowest BCUT2D eigenvalue weighted by atomic mass is 10.2. The van der Waals surface area contributed by atoms with E-state index < -0.39 is 28.4 Å². The first-order valence-electron chi connectivity index (χ1n) is 9.13. The van der Waals surface area contributed by atoms with Crippen molar-refractivity contribution in [2.45, 2.75) is 4.90 Å². The molecule has 0 aliphatic heterocycles. The first-order chi connectivity index (χ1) is 14.8. The summed E-state index contributed by atoms with van der Waals surface area (Å²) < 4.78 is 32.2. The van der Waals surface area contributed by atoms with Gasteiger partial charge in [0.2, 0.25) is 5.91 Å². The molecule has 0 saturated carbocycles. The molecule has 0 aliphatic carbocycles. The number of nitrogens with zero attached hydrogens (tertiary/aromatic N) is 1. The molecule has 3 rings (SSSR count). The van der Waals surface area contributed by atoms with Crippen LogP contribution in [-0.4, -0.2) is 33.9 Å². The summed E-state index contributed by atoms with van der Waals surface area (Å²) in [7, 11) is -2.82. The van der Waals surface area contributed by atoms with Gasteiger partial charge in [-0.25, -0.2) is 13.2 Å². The average Bonchev–Trinajstić information content (AvgIpc) is 2.78. The van der Waals surface area contributed by atoms with E-state index in [0.717, 1.165) is 4.31 Å². The second kappa shape index (κ2) is 9.63. The summed E-state index contributed by atoms with van der Waals surface area (Å²) in [5.74, 6) is -1.26. The molecule has 0 radical (unpaired) electrons. The maximum atomic E-state index is 13.3. The van der Waals surface area contributed by atoms with Crippen LogP contribution < -0.4 is 9.62 Å². The SMILES string of the molecule is COC(=O)c1ccccc1NC(=O)CN(c1ccc(Cl)cc1)S(=O)(=O)c1ccccc1. The van der Waals surface area contributed by atoms with Crippen molar-refractivity contribution in [3.63, 3.8) is 0 Å². The molecule has 7 nitrogen and oxygen atoms in total. The van der Waals surface area contributed by atoms with Gasteiger partial charge in [0.25, 0.3) is 10.0 Å². The standard InChI is InChI=1S/C22H19ClN2O5S/c1-30-22(27)19-9-5-6-10-20(19)24-21(26)15-25(17-13-11-16(23)12-14-17)31(28,29)18-7-3-2-4-8-18/h2-14H,15H2,1H3,(H,24,26). The smallest absolute Gasteiger partial charge is 0.339 e. The largest absolute Gasteiger partial charge is 0.465 e. The monoisotopic (exact) mass is 458 g/mol. The first kappa shape index (κ1) is 22.3. The Bertz CT molecular complexity index is 1180. The highest BCUT2D eigenvalue weighted by Gasteiger charge is 2.27. The number of carbonyl (C=O) groups excluding carboxylic acids is 2. The van der Waals surface area contributed by atoms with Gasteiger partial charge in [-0.15, -0.1) is 0 Å². The van der Waals surface area contributed by atoms with Crippen LogP contribution in [0.5, 0.6) is 0 Å². The lowest BCUT2D eigenvalue weighted by molar-refractivity contribution is -0.114. The topological polar surface area (TPSA) is 92.8 Å². The second-order valence-electron chi connectivity index (χ2n) is 6.39. The van der Waals surface area contributed by atoms with E-state index in [2.05, 4.69) is 5.32 Å². The van der Waals surface area contributed by atoms with Crippen LogP contribution in [0.4, 0.5) is 11.4 Å². The number of methoxy groups -OCH3 is 1. The van der Waals surface area contributed by atoms with E-state index >= 15 is 0 Å². The molecule has 0 aliphatic rings. The average molecular weight is 459 g/mol. The first-order valence-corrected chi connectivity index (χ1v) is 11.0. The number of rotatable bonds is 7. The number of benzene rings is 3. The van der Waals surface area contributed by atoms with Crippen LogP contribution in [0.3, 0.4) is 0 Å². The van der Waals surface area contributed by atoms with Crippen molar-refractivity contribution in [1.29, 1.82) is 0 Å². The third-order valence-electron chi connectivity index (χ3n) is 4.34. The van der Waals surface area contributed by atoms with E-state index in [1.54, 1.807) is 30.3 Å². The van der Waals surface area contributed by atoms with E-state index in [0.29, 0.717) is 5.02 Å². The van der Waals surface area contributed by atoms with Crippen LogP contribution >= 0.6 is 11.6 Å². The van der Waals surface area contributed by atoms with Crippen LogP contribution in [0.25, 0.3) is 0 Å². The molecule has 0 aromatic heterocycles. The zero-order valence-electron chi connectivity index (χ0n) is 16.5. The summed E-state index contributed by atoms with van der Waals surface area (Å²) in [5, 5.41) is 3.02. The Morgan fingerprint density at radius 3 is 2.19 bits per heavy atom. The van der Waals surface area contributed by atoms with Crippen LogP contribution in [0.1, 0.15) is 10.4 Å². The number of anilines is 2. The summed E-state index contributed by atoms with van der Waals surface area (Å²) in [6.07, 6.45) is 0. The second-order valence-corrected chi connectivity index (χ2v) is 8.69. The summed E-state index contributed by atoms with van der Waals surface area (Å²) >= 11 is 5.93. The lowest BCUT2D eigenvalue weighted by Gasteiger charge is -2.24. The molecule has 0 unspecified atom stereocenters. The molecule has 0 bridgehead atoms. The molecule has 160 valence electrons. The summed E-state index contributed by atoms with van der Waals surface area (Å²) in [6.45, 7) is -0.519. The van der Waals surface area contributed by atoms with Crippen molar-refractivity contribution in [1.82, 2.24) is 0 Å². The van der Waals surface area contributed by atoms with Gasteiger partial charge in [0.1, 0.15) is 6.54 Å². The fourth-order valence-corrected chi connectivity index (χ4v) is 4.41. The Morgan fingerprint density at radius 2 is 1.55 bits per heavy atom. The predicted octanol–water partition coefficient (Wildman–Crippen LogP) is 3.96. The molecule has 3 aromatic rings. The fourth-order valence-electron chi connectivity index (χ4n) is 2.84. The highest BCUT2D eigenvalue weighted by molar-refractivity contribution is 7.92. The molecular formula is C22H19ClN2O5S. The van der Waals surface area contributed by atoms with Crippen molar-refractivity contribution in [3.05, 3.63) is 89.4 Å². The summed E-state index contributed by atoms with van der Waals surface area (Å²) in [6, 6.07) is 20.2. The van der Waals surface area contributed by atoms with E-state index in [9.17, 15) is 18.0 Å². The van der Waals surface area contributed by atoms with Gasteiger partial charge in [-0.1, -0.05) is 41.9 Å². The van der Waals surface area contributed by atoms with Crippen LogP contribution in [0.2, 0.25) is 5.02 Å². The molecule has 31 heavy (non-hydrogen) atoms. The normalized spacial score (nSPS) is 10.9. The van der Waals surface area contributed by atoms with Crippen molar-refractivity contribution < 1.29 is 22.7 Å². The molecule has 0 heterocycles. The highest BCUT2D eigenvalue weighted by Crippen LogP contribution is 2.25. The van der Waals surface area contributed by atoms with Gasteiger partial charge in [-0.3, -0.25) is 9.10 Å². The minimum Gasteiger partial charge on any atom is -0.465 e. The van der Waals surface area contributed by atoms with Crippen LogP contribution in [0.15, 0.2) is 83.8 Å². The van der Waals surface area contributed by atoms with Crippen LogP contribution in [-0.2, 0) is 19.6 Å². The Morgan fingerprint density at radius 1 is 0.935 bits per heavy atom. The maximum Gasteiger partial charge on any atom is 0.339 e. The van der Waals surface area contributed by atoms with Crippen molar-refractivity contribution in [3.8, 4) is 0 Å². The number of hydrogen-bond donors (Lipinski definition) is 1. The molecule has 9 heteroatoms. The number of hydrogen-bond acceptors (Lipinski definition) is 5. The summed E-state index contributed by atoms with van der Waals surface area (Å²) in [4.78, 5) is 24.8. The van der Waals surface area contributed by atoms with E-state index in [1.165, 1.54) is 55.6 Å².